The standard InChI is InChI=1S/C28H29NO3/c30-27(24-10-4-5-11-24)29(19-18-21-8-2-1-3-9-21)20-22-14-16-23(17-15-22)25-12-6-7-13-26(25)28(31)32/h1-3,6-9,12-17,24H,4-5,10-11,18-20H2,(H,31,32). The molecule has 32 heavy (non-hydrogen) atoms. The van der Waals surface area contributed by atoms with Crippen molar-refractivity contribution in [1.29, 1.82) is 0 Å². The summed E-state index contributed by atoms with van der Waals surface area (Å²) < 4.78 is 0. The molecule has 1 aliphatic rings. The summed E-state index contributed by atoms with van der Waals surface area (Å²) in [6.45, 7) is 1.27. The fourth-order valence-electron chi connectivity index (χ4n) is 4.54. The molecule has 1 N–H and O–H groups in total. The van der Waals surface area contributed by atoms with Crippen LogP contribution in [0.25, 0.3) is 11.1 Å². The van der Waals surface area contributed by atoms with E-state index in [1.54, 1.807) is 12.1 Å². The number of benzene rings is 3. The van der Waals surface area contributed by atoms with Gasteiger partial charge in [-0.05, 0) is 47.6 Å². The van der Waals surface area contributed by atoms with Crippen LogP contribution < -0.4 is 0 Å². The molecule has 0 saturated heterocycles. The Hall–Kier alpha value is -3.40. The zero-order chi connectivity index (χ0) is 22.3. The Morgan fingerprint density at radius 1 is 0.812 bits per heavy atom. The molecular formula is C28H29NO3. The van der Waals surface area contributed by atoms with Crippen LogP contribution in [0, 0.1) is 5.92 Å². The Labute approximate surface area is 189 Å². The SMILES string of the molecule is O=C(O)c1ccccc1-c1ccc(CN(CCc2ccccc2)C(=O)C2CCCC2)cc1. The predicted molar refractivity (Wildman–Crippen MR) is 126 cm³/mol. The second-order valence-corrected chi connectivity index (χ2v) is 8.52. The van der Waals surface area contributed by atoms with Crippen LogP contribution in [-0.2, 0) is 17.8 Å². The summed E-state index contributed by atoms with van der Waals surface area (Å²) in [5.74, 6) is -0.523. The molecule has 4 heteroatoms. The molecule has 164 valence electrons. The zero-order valence-corrected chi connectivity index (χ0v) is 18.2. The number of rotatable bonds is 8. The highest BCUT2D eigenvalue weighted by Crippen LogP contribution is 2.28. The van der Waals surface area contributed by atoms with Crippen molar-refractivity contribution in [3.63, 3.8) is 0 Å². The van der Waals surface area contributed by atoms with Gasteiger partial charge in [0.25, 0.3) is 0 Å². The van der Waals surface area contributed by atoms with Crippen LogP contribution in [0.5, 0.6) is 0 Å². The summed E-state index contributed by atoms with van der Waals surface area (Å²) in [6, 6.07) is 25.2. The van der Waals surface area contributed by atoms with Crippen LogP contribution >= 0.6 is 0 Å². The summed E-state index contributed by atoms with van der Waals surface area (Å²) in [5, 5.41) is 9.47. The molecule has 1 saturated carbocycles. The summed E-state index contributed by atoms with van der Waals surface area (Å²) >= 11 is 0. The summed E-state index contributed by atoms with van der Waals surface area (Å²) in [7, 11) is 0. The molecule has 0 aliphatic heterocycles. The lowest BCUT2D eigenvalue weighted by Crippen LogP contribution is -2.36. The summed E-state index contributed by atoms with van der Waals surface area (Å²) in [4.78, 5) is 26.8. The lowest BCUT2D eigenvalue weighted by molar-refractivity contribution is -0.136. The number of hydrogen-bond acceptors (Lipinski definition) is 2. The summed E-state index contributed by atoms with van der Waals surface area (Å²) in [6.07, 6.45) is 5.10. The minimum atomic E-state index is -0.932. The van der Waals surface area contributed by atoms with Crippen molar-refractivity contribution < 1.29 is 14.7 Å². The van der Waals surface area contributed by atoms with Crippen molar-refractivity contribution in [3.05, 3.63) is 95.6 Å². The minimum Gasteiger partial charge on any atom is -0.478 e. The number of carboxylic acid groups (broad SMARTS) is 1. The van der Waals surface area contributed by atoms with E-state index in [2.05, 4.69) is 12.1 Å². The van der Waals surface area contributed by atoms with Gasteiger partial charge in [-0.2, -0.15) is 0 Å². The number of carbonyl (C=O) groups is 2. The Morgan fingerprint density at radius 3 is 2.16 bits per heavy atom. The van der Waals surface area contributed by atoms with Crippen molar-refractivity contribution in [3.8, 4) is 11.1 Å². The minimum absolute atomic E-state index is 0.146. The number of hydrogen-bond donors (Lipinski definition) is 1. The topological polar surface area (TPSA) is 57.6 Å². The van der Waals surface area contributed by atoms with E-state index in [4.69, 9.17) is 0 Å². The van der Waals surface area contributed by atoms with E-state index in [0.29, 0.717) is 24.2 Å². The van der Waals surface area contributed by atoms with Gasteiger partial charge in [0.2, 0.25) is 5.91 Å². The molecule has 1 fully saturated rings. The number of carbonyl (C=O) groups excluding carboxylic acids is 1. The van der Waals surface area contributed by atoms with E-state index < -0.39 is 5.97 Å². The van der Waals surface area contributed by atoms with E-state index in [1.165, 1.54) is 5.56 Å². The highest BCUT2D eigenvalue weighted by molar-refractivity contribution is 5.96. The van der Waals surface area contributed by atoms with Crippen molar-refractivity contribution in [1.82, 2.24) is 4.90 Å². The van der Waals surface area contributed by atoms with Crippen LogP contribution in [0.3, 0.4) is 0 Å². The van der Waals surface area contributed by atoms with Gasteiger partial charge in [0.05, 0.1) is 5.56 Å². The summed E-state index contributed by atoms with van der Waals surface area (Å²) in [5.41, 5.74) is 4.15. The first-order valence-corrected chi connectivity index (χ1v) is 11.4. The van der Waals surface area contributed by atoms with Gasteiger partial charge >= 0.3 is 5.97 Å². The second kappa shape index (κ2) is 10.3. The first-order chi connectivity index (χ1) is 15.6. The van der Waals surface area contributed by atoms with E-state index in [9.17, 15) is 14.7 Å². The second-order valence-electron chi connectivity index (χ2n) is 8.52. The molecule has 0 radical (unpaired) electrons. The fourth-order valence-corrected chi connectivity index (χ4v) is 4.54. The predicted octanol–water partition coefficient (Wildman–Crippen LogP) is 5.81. The van der Waals surface area contributed by atoms with E-state index >= 15 is 0 Å². The molecule has 4 rings (SSSR count). The maximum Gasteiger partial charge on any atom is 0.336 e. The molecule has 0 bridgehead atoms. The highest BCUT2D eigenvalue weighted by atomic mass is 16.4. The fraction of sp³-hybridized carbons (Fsp3) is 0.286. The van der Waals surface area contributed by atoms with Gasteiger partial charge in [-0.3, -0.25) is 4.79 Å². The lowest BCUT2D eigenvalue weighted by Gasteiger charge is -2.26. The van der Waals surface area contributed by atoms with Gasteiger partial charge in [0, 0.05) is 19.0 Å². The van der Waals surface area contributed by atoms with Crippen molar-refractivity contribution >= 4 is 11.9 Å². The molecule has 1 amide bonds. The van der Waals surface area contributed by atoms with Gasteiger partial charge in [-0.25, -0.2) is 4.79 Å². The third kappa shape index (κ3) is 5.25. The smallest absolute Gasteiger partial charge is 0.336 e. The Kier molecular flexibility index (Phi) is 7.00. The van der Waals surface area contributed by atoms with Crippen LogP contribution in [0.1, 0.15) is 47.2 Å². The van der Waals surface area contributed by atoms with Crippen LogP contribution in [-0.4, -0.2) is 28.4 Å². The quantitative estimate of drug-likeness (QED) is 0.493. The molecule has 3 aromatic carbocycles. The average Bonchev–Trinajstić information content (AvgIpc) is 3.37. The van der Waals surface area contributed by atoms with Crippen molar-refractivity contribution in [2.45, 2.75) is 38.6 Å². The number of carboxylic acids is 1. The molecular weight excluding hydrogens is 398 g/mol. The number of aromatic carboxylic acids is 1. The molecule has 4 nitrogen and oxygen atoms in total. The normalized spacial score (nSPS) is 13.8. The van der Waals surface area contributed by atoms with Gasteiger partial charge in [-0.1, -0.05) is 85.6 Å². The van der Waals surface area contributed by atoms with Crippen molar-refractivity contribution in [2.24, 2.45) is 5.92 Å². The third-order valence-electron chi connectivity index (χ3n) is 6.33. The maximum absolute atomic E-state index is 13.2. The van der Waals surface area contributed by atoms with Crippen LogP contribution in [0.15, 0.2) is 78.9 Å². The highest BCUT2D eigenvalue weighted by Gasteiger charge is 2.27. The molecule has 0 spiro atoms. The Morgan fingerprint density at radius 2 is 1.47 bits per heavy atom. The van der Waals surface area contributed by atoms with Gasteiger partial charge < -0.3 is 10.0 Å². The molecule has 0 heterocycles. The van der Waals surface area contributed by atoms with Crippen LogP contribution in [0.2, 0.25) is 0 Å². The first kappa shape index (κ1) is 21.8. The van der Waals surface area contributed by atoms with Crippen molar-refractivity contribution in [2.75, 3.05) is 6.54 Å². The first-order valence-electron chi connectivity index (χ1n) is 11.4. The largest absolute Gasteiger partial charge is 0.478 e. The van der Waals surface area contributed by atoms with E-state index in [-0.39, 0.29) is 11.8 Å². The van der Waals surface area contributed by atoms with Gasteiger partial charge in [-0.15, -0.1) is 0 Å². The molecule has 0 atom stereocenters. The number of amides is 1. The monoisotopic (exact) mass is 427 g/mol. The average molecular weight is 428 g/mol. The molecule has 0 unspecified atom stereocenters. The maximum atomic E-state index is 13.2. The number of nitrogens with zero attached hydrogens (tertiary/aromatic N) is 1. The lowest BCUT2D eigenvalue weighted by atomic mass is 9.98. The van der Waals surface area contributed by atoms with Gasteiger partial charge in [0.15, 0.2) is 0 Å². The zero-order valence-electron chi connectivity index (χ0n) is 18.2. The Bertz CT molecular complexity index is 1050. The van der Waals surface area contributed by atoms with E-state index in [1.807, 2.05) is 59.5 Å². The Balaban J connectivity index is 1.51. The van der Waals surface area contributed by atoms with E-state index in [0.717, 1.165) is 43.2 Å². The molecule has 1 aliphatic carbocycles. The van der Waals surface area contributed by atoms with Crippen LogP contribution in [0.4, 0.5) is 0 Å². The third-order valence-corrected chi connectivity index (χ3v) is 6.33. The molecule has 0 aromatic heterocycles. The molecule has 3 aromatic rings. The van der Waals surface area contributed by atoms with Gasteiger partial charge in [0.1, 0.15) is 0 Å².